The summed E-state index contributed by atoms with van der Waals surface area (Å²) in [5.41, 5.74) is 0.980. The Kier molecular flexibility index (Phi) is 12.6. The van der Waals surface area contributed by atoms with Gasteiger partial charge in [0.1, 0.15) is 5.82 Å². The summed E-state index contributed by atoms with van der Waals surface area (Å²) in [6.07, 6.45) is 3.99. The van der Waals surface area contributed by atoms with Crippen molar-refractivity contribution in [1.82, 2.24) is 10.6 Å². The fourth-order valence-corrected chi connectivity index (χ4v) is 2.71. The van der Waals surface area contributed by atoms with Crippen LogP contribution in [-0.2, 0) is 15.9 Å². The van der Waals surface area contributed by atoms with Crippen LogP contribution >= 0.6 is 24.0 Å². The first-order valence-corrected chi connectivity index (χ1v) is 9.24. The molecular weight excluding hydrogens is 448 g/mol. The van der Waals surface area contributed by atoms with Crippen LogP contribution in [-0.4, -0.2) is 51.5 Å². The molecule has 2 N–H and O–H groups in total. The lowest BCUT2D eigenvalue weighted by Gasteiger charge is -2.22. The zero-order chi connectivity index (χ0) is 17.7. The van der Waals surface area contributed by atoms with Gasteiger partial charge in [-0.1, -0.05) is 12.1 Å². The van der Waals surface area contributed by atoms with Crippen LogP contribution in [0.1, 0.15) is 31.7 Å². The average molecular weight is 479 g/mol. The molecule has 1 aliphatic rings. The van der Waals surface area contributed by atoms with E-state index in [1.807, 2.05) is 13.0 Å². The first kappa shape index (κ1) is 23.1. The standard InChI is InChI=1S/C19H30FN3O2.HI/c1-2-21-19(23-11-7-16-5-3-6-17(20)15-16)22-10-4-12-25-18-8-13-24-14-9-18;/h3,5-6,15,18H,2,4,7-14H2,1H3,(H2,21,22,23);1H. The molecule has 1 heterocycles. The fraction of sp³-hybridized carbons (Fsp3) is 0.632. The summed E-state index contributed by atoms with van der Waals surface area (Å²) in [5.74, 6) is 0.604. The SMILES string of the molecule is CCNC(=NCCCOC1CCOCC1)NCCc1cccc(F)c1.I. The number of hydrogen-bond acceptors (Lipinski definition) is 3. The molecule has 1 fully saturated rings. The first-order chi connectivity index (χ1) is 12.3. The molecule has 0 aliphatic carbocycles. The Labute approximate surface area is 173 Å². The van der Waals surface area contributed by atoms with Crippen LogP contribution < -0.4 is 10.6 Å². The lowest BCUT2D eigenvalue weighted by Crippen LogP contribution is -2.38. The molecule has 1 aromatic rings. The van der Waals surface area contributed by atoms with Crippen molar-refractivity contribution >= 4 is 29.9 Å². The summed E-state index contributed by atoms with van der Waals surface area (Å²) in [5, 5.41) is 6.52. The minimum atomic E-state index is -0.192. The number of nitrogens with zero attached hydrogens (tertiary/aromatic N) is 1. The van der Waals surface area contributed by atoms with Crippen LogP contribution in [0.25, 0.3) is 0 Å². The highest BCUT2D eigenvalue weighted by Crippen LogP contribution is 2.10. The molecule has 2 rings (SSSR count). The van der Waals surface area contributed by atoms with Gasteiger partial charge >= 0.3 is 0 Å². The van der Waals surface area contributed by atoms with Crippen molar-refractivity contribution in [2.75, 3.05) is 39.5 Å². The molecule has 148 valence electrons. The summed E-state index contributed by atoms with van der Waals surface area (Å²) in [4.78, 5) is 4.56. The monoisotopic (exact) mass is 479 g/mol. The number of rotatable bonds is 9. The molecule has 0 unspecified atom stereocenters. The largest absolute Gasteiger partial charge is 0.381 e. The molecule has 26 heavy (non-hydrogen) atoms. The Balaban J connectivity index is 0.00000338. The van der Waals surface area contributed by atoms with Crippen molar-refractivity contribution in [2.45, 2.75) is 38.7 Å². The van der Waals surface area contributed by atoms with E-state index < -0.39 is 0 Å². The first-order valence-electron chi connectivity index (χ1n) is 9.24. The van der Waals surface area contributed by atoms with E-state index in [1.165, 1.54) is 6.07 Å². The van der Waals surface area contributed by atoms with Crippen LogP contribution in [0.4, 0.5) is 4.39 Å². The Hall–Kier alpha value is -0.930. The van der Waals surface area contributed by atoms with Crippen LogP contribution in [0.2, 0.25) is 0 Å². The number of halogens is 2. The third kappa shape index (κ3) is 9.68. The third-order valence-electron chi connectivity index (χ3n) is 4.03. The van der Waals surface area contributed by atoms with E-state index in [0.717, 1.165) is 70.1 Å². The molecule has 0 bridgehead atoms. The molecule has 0 saturated carbocycles. The normalized spacial score (nSPS) is 15.4. The van der Waals surface area contributed by atoms with E-state index in [9.17, 15) is 4.39 Å². The van der Waals surface area contributed by atoms with Crippen LogP contribution in [0.3, 0.4) is 0 Å². The fourth-order valence-electron chi connectivity index (χ4n) is 2.71. The Morgan fingerprint density at radius 3 is 2.85 bits per heavy atom. The summed E-state index contributed by atoms with van der Waals surface area (Å²) >= 11 is 0. The second-order valence-corrected chi connectivity index (χ2v) is 6.10. The molecule has 1 saturated heterocycles. The lowest BCUT2D eigenvalue weighted by molar-refractivity contribution is -0.0318. The van der Waals surface area contributed by atoms with Gasteiger partial charge in [-0.05, 0) is 50.3 Å². The maximum absolute atomic E-state index is 13.2. The average Bonchev–Trinajstić information content (AvgIpc) is 2.62. The predicted octanol–water partition coefficient (Wildman–Crippen LogP) is 3.13. The second kappa shape index (κ2) is 14.2. The van der Waals surface area contributed by atoms with Gasteiger partial charge in [0.05, 0.1) is 6.10 Å². The number of ether oxygens (including phenoxy) is 2. The molecule has 0 radical (unpaired) electrons. The van der Waals surface area contributed by atoms with Crippen molar-refractivity contribution in [1.29, 1.82) is 0 Å². The van der Waals surface area contributed by atoms with Crippen LogP contribution in [0.5, 0.6) is 0 Å². The van der Waals surface area contributed by atoms with Crippen LogP contribution in [0, 0.1) is 5.82 Å². The molecule has 0 aromatic heterocycles. The lowest BCUT2D eigenvalue weighted by atomic mass is 10.1. The van der Waals surface area contributed by atoms with E-state index in [1.54, 1.807) is 12.1 Å². The molecular formula is C19H31FIN3O2. The van der Waals surface area contributed by atoms with Crippen molar-refractivity contribution in [3.05, 3.63) is 35.6 Å². The summed E-state index contributed by atoms with van der Waals surface area (Å²) in [6, 6.07) is 6.70. The molecule has 1 aromatic carbocycles. The zero-order valence-corrected chi connectivity index (χ0v) is 17.8. The van der Waals surface area contributed by atoms with Gasteiger partial charge in [0.15, 0.2) is 5.96 Å². The maximum Gasteiger partial charge on any atom is 0.191 e. The van der Waals surface area contributed by atoms with Crippen molar-refractivity contribution < 1.29 is 13.9 Å². The van der Waals surface area contributed by atoms with Gasteiger partial charge in [-0.25, -0.2) is 4.39 Å². The van der Waals surface area contributed by atoms with Gasteiger partial charge < -0.3 is 20.1 Å². The number of hydrogen-bond donors (Lipinski definition) is 2. The Morgan fingerprint density at radius 1 is 1.31 bits per heavy atom. The highest BCUT2D eigenvalue weighted by Gasteiger charge is 2.13. The molecule has 1 aliphatic heterocycles. The number of benzene rings is 1. The maximum atomic E-state index is 13.2. The topological polar surface area (TPSA) is 54.9 Å². The molecule has 5 nitrogen and oxygen atoms in total. The molecule has 0 amide bonds. The Morgan fingerprint density at radius 2 is 2.12 bits per heavy atom. The van der Waals surface area contributed by atoms with E-state index in [2.05, 4.69) is 15.6 Å². The van der Waals surface area contributed by atoms with Gasteiger partial charge in [-0.3, -0.25) is 4.99 Å². The predicted molar refractivity (Wildman–Crippen MR) is 114 cm³/mol. The summed E-state index contributed by atoms with van der Waals surface area (Å²) in [6.45, 7) is 6.64. The number of guanidine groups is 1. The van der Waals surface area contributed by atoms with Gasteiger partial charge in [0.25, 0.3) is 0 Å². The van der Waals surface area contributed by atoms with E-state index in [4.69, 9.17) is 9.47 Å². The molecule has 0 atom stereocenters. The van der Waals surface area contributed by atoms with E-state index >= 15 is 0 Å². The Bertz CT molecular complexity index is 525. The van der Waals surface area contributed by atoms with E-state index in [0.29, 0.717) is 12.6 Å². The van der Waals surface area contributed by atoms with Crippen molar-refractivity contribution in [3.8, 4) is 0 Å². The van der Waals surface area contributed by atoms with E-state index in [-0.39, 0.29) is 29.8 Å². The smallest absolute Gasteiger partial charge is 0.191 e. The minimum Gasteiger partial charge on any atom is -0.381 e. The minimum absolute atomic E-state index is 0. The zero-order valence-electron chi connectivity index (χ0n) is 15.5. The molecule has 7 heteroatoms. The number of aliphatic imine (C=N–C) groups is 1. The highest BCUT2D eigenvalue weighted by atomic mass is 127. The van der Waals surface area contributed by atoms with Gasteiger partial charge in [0, 0.05) is 39.5 Å². The van der Waals surface area contributed by atoms with Gasteiger partial charge in [0.2, 0.25) is 0 Å². The summed E-state index contributed by atoms with van der Waals surface area (Å²) < 4.78 is 24.3. The van der Waals surface area contributed by atoms with Gasteiger partial charge in [-0.2, -0.15) is 0 Å². The second-order valence-electron chi connectivity index (χ2n) is 6.10. The number of nitrogens with one attached hydrogen (secondary N) is 2. The third-order valence-corrected chi connectivity index (χ3v) is 4.03. The summed E-state index contributed by atoms with van der Waals surface area (Å²) in [7, 11) is 0. The highest BCUT2D eigenvalue weighted by molar-refractivity contribution is 14.0. The van der Waals surface area contributed by atoms with Crippen LogP contribution in [0.15, 0.2) is 29.3 Å². The van der Waals surface area contributed by atoms with Crippen molar-refractivity contribution in [3.63, 3.8) is 0 Å². The molecule has 0 spiro atoms. The van der Waals surface area contributed by atoms with Crippen molar-refractivity contribution in [2.24, 2.45) is 4.99 Å². The van der Waals surface area contributed by atoms with Gasteiger partial charge in [-0.15, -0.1) is 24.0 Å². The quantitative estimate of drug-likeness (QED) is 0.248.